The van der Waals surface area contributed by atoms with Gasteiger partial charge >= 0.3 is 0 Å². The quantitative estimate of drug-likeness (QED) is 0.823. The highest BCUT2D eigenvalue weighted by Crippen LogP contribution is 2.19. The van der Waals surface area contributed by atoms with E-state index >= 15 is 0 Å². The van der Waals surface area contributed by atoms with Gasteiger partial charge in [0.05, 0.1) is 0 Å². The smallest absolute Gasteiger partial charge is 0.123 e. The van der Waals surface area contributed by atoms with Gasteiger partial charge in [0.25, 0.3) is 0 Å². The van der Waals surface area contributed by atoms with Crippen molar-refractivity contribution < 1.29 is 4.39 Å². The molecule has 16 heavy (non-hydrogen) atoms. The Bertz CT molecular complexity index is 363. The minimum Gasteiger partial charge on any atom is -0.314 e. The van der Waals surface area contributed by atoms with Crippen LogP contribution in [0.2, 0.25) is 0 Å². The van der Waals surface area contributed by atoms with E-state index in [1.807, 2.05) is 6.07 Å². The molecule has 1 aromatic rings. The lowest BCUT2D eigenvalue weighted by Crippen LogP contribution is -2.57. The minimum absolute atomic E-state index is 0.143. The molecular formula is C13H19FN2. The second-order valence-electron chi connectivity index (χ2n) is 5.04. The van der Waals surface area contributed by atoms with Crippen LogP contribution >= 0.6 is 0 Å². The summed E-state index contributed by atoms with van der Waals surface area (Å²) >= 11 is 0. The maximum absolute atomic E-state index is 13.1. The summed E-state index contributed by atoms with van der Waals surface area (Å²) in [4.78, 5) is 2.40. The summed E-state index contributed by atoms with van der Waals surface area (Å²) in [5.74, 6) is -0.148. The van der Waals surface area contributed by atoms with Crippen LogP contribution in [0.1, 0.15) is 19.4 Å². The molecule has 1 saturated heterocycles. The van der Waals surface area contributed by atoms with Gasteiger partial charge in [-0.1, -0.05) is 12.1 Å². The third kappa shape index (κ3) is 2.60. The summed E-state index contributed by atoms with van der Waals surface area (Å²) in [7, 11) is 0. The van der Waals surface area contributed by atoms with E-state index in [0.29, 0.717) is 0 Å². The van der Waals surface area contributed by atoms with E-state index in [4.69, 9.17) is 0 Å². The predicted octanol–water partition coefficient (Wildman–Crippen LogP) is 2.01. The number of halogens is 1. The third-order valence-electron chi connectivity index (χ3n) is 3.23. The number of rotatable bonds is 2. The topological polar surface area (TPSA) is 15.3 Å². The van der Waals surface area contributed by atoms with Gasteiger partial charge < -0.3 is 5.32 Å². The first-order valence-corrected chi connectivity index (χ1v) is 5.78. The van der Waals surface area contributed by atoms with Crippen LogP contribution in [-0.2, 0) is 6.54 Å². The van der Waals surface area contributed by atoms with Crippen LogP contribution in [0.3, 0.4) is 0 Å². The predicted molar refractivity (Wildman–Crippen MR) is 63.8 cm³/mol. The van der Waals surface area contributed by atoms with Crippen LogP contribution in [0.15, 0.2) is 24.3 Å². The first-order chi connectivity index (χ1) is 7.58. The van der Waals surface area contributed by atoms with Crippen LogP contribution in [0.25, 0.3) is 0 Å². The van der Waals surface area contributed by atoms with Crippen LogP contribution in [-0.4, -0.2) is 30.1 Å². The van der Waals surface area contributed by atoms with E-state index in [0.717, 1.165) is 31.7 Å². The van der Waals surface area contributed by atoms with E-state index in [-0.39, 0.29) is 11.4 Å². The van der Waals surface area contributed by atoms with Gasteiger partial charge in [-0.3, -0.25) is 4.90 Å². The van der Waals surface area contributed by atoms with Crippen molar-refractivity contribution in [3.63, 3.8) is 0 Å². The van der Waals surface area contributed by atoms with Gasteiger partial charge in [0.15, 0.2) is 0 Å². The van der Waals surface area contributed by atoms with E-state index in [1.54, 1.807) is 12.1 Å². The molecule has 1 aliphatic rings. The summed E-state index contributed by atoms with van der Waals surface area (Å²) in [6, 6.07) is 6.88. The lowest BCUT2D eigenvalue weighted by Gasteiger charge is -2.42. The summed E-state index contributed by atoms with van der Waals surface area (Å²) in [5.41, 5.74) is 1.19. The van der Waals surface area contributed by atoms with Crippen molar-refractivity contribution in [2.75, 3.05) is 19.6 Å². The maximum atomic E-state index is 13.1. The Balaban J connectivity index is 2.08. The van der Waals surface area contributed by atoms with Gasteiger partial charge in [0.1, 0.15) is 5.82 Å². The number of nitrogens with one attached hydrogen (secondary N) is 1. The zero-order chi connectivity index (χ0) is 11.6. The molecule has 0 atom stereocenters. The highest BCUT2D eigenvalue weighted by molar-refractivity contribution is 5.16. The number of benzene rings is 1. The second kappa shape index (κ2) is 4.52. The molecule has 0 unspecified atom stereocenters. The first-order valence-electron chi connectivity index (χ1n) is 5.78. The van der Waals surface area contributed by atoms with E-state index in [1.165, 1.54) is 6.07 Å². The maximum Gasteiger partial charge on any atom is 0.123 e. The van der Waals surface area contributed by atoms with Crippen LogP contribution < -0.4 is 5.32 Å². The number of piperazine rings is 1. The van der Waals surface area contributed by atoms with Crippen molar-refractivity contribution in [3.8, 4) is 0 Å². The average molecular weight is 222 g/mol. The molecule has 2 nitrogen and oxygen atoms in total. The van der Waals surface area contributed by atoms with Crippen LogP contribution in [0.4, 0.5) is 4.39 Å². The van der Waals surface area contributed by atoms with Gasteiger partial charge in [0.2, 0.25) is 0 Å². The fraction of sp³-hybridized carbons (Fsp3) is 0.538. The molecule has 0 aromatic heterocycles. The fourth-order valence-electron chi connectivity index (χ4n) is 2.17. The summed E-state index contributed by atoms with van der Waals surface area (Å²) in [6.45, 7) is 8.29. The third-order valence-corrected chi connectivity index (χ3v) is 3.23. The summed E-state index contributed by atoms with van der Waals surface area (Å²) < 4.78 is 13.1. The monoisotopic (exact) mass is 222 g/mol. The van der Waals surface area contributed by atoms with Crippen molar-refractivity contribution >= 4 is 0 Å². The molecule has 0 radical (unpaired) electrons. The Morgan fingerprint density at radius 3 is 2.94 bits per heavy atom. The molecule has 1 aromatic carbocycles. The first kappa shape index (κ1) is 11.6. The molecule has 0 spiro atoms. The van der Waals surface area contributed by atoms with Gasteiger partial charge in [-0.25, -0.2) is 4.39 Å². The Kier molecular flexibility index (Phi) is 3.26. The Morgan fingerprint density at radius 2 is 2.25 bits per heavy atom. The normalized spacial score (nSPS) is 20.9. The molecule has 1 N–H and O–H groups in total. The van der Waals surface area contributed by atoms with Crippen molar-refractivity contribution in [1.82, 2.24) is 10.2 Å². The molecule has 3 heteroatoms. The minimum atomic E-state index is -0.148. The average Bonchev–Trinajstić information content (AvgIpc) is 2.21. The van der Waals surface area contributed by atoms with E-state index in [9.17, 15) is 4.39 Å². The molecule has 1 fully saturated rings. The fourth-order valence-corrected chi connectivity index (χ4v) is 2.17. The van der Waals surface area contributed by atoms with Crippen molar-refractivity contribution in [3.05, 3.63) is 35.6 Å². The summed E-state index contributed by atoms with van der Waals surface area (Å²) in [5, 5.41) is 3.39. The molecule has 2 rings (SSSR count). The van der Waals surface area contributed by atoms with Crippen molar-refractivity contribution in [2.24, 2.45) is 0 Å². The molecule has 0 aliphatic carbocycles. The van der Waals surface area contributed by atoms with Crippen LogP contribution in [0.5, 0.6) is 0 Å². The van der Waals surface area contributed by atoms with Gasteiger partial charge in [-0.05, 0) is 31.5 Å². The number of hydrogen-bond acceptors (Lipinski definition) is 2. The van der Waals surface area contributed by atoms with Crippen molar-refractivity contribution in [2.45, 2.75) is 25.9 Å². The summed E-state index contributed by atoms with van der Waals surface area (Å²) in [6.07, 6.45) is 0. The SMILES string of the molecule is CC1(C)CNCCN1Cc1cccc(F)c1. The molecule has 1 heterocycles. The lowest BCUT2D eigenvalue weighted by molar-refractivity contribution is 0.0826. The van der Waals surface area contributed by atoms with E-state index in [2.05, 4.69) is 24.1 Å². The number of nitrogens with zero attached hydrogens (tertiary/aromatic N) is 1. The molecule has 0 bridgehead atoms. The Hall–Kier alpha value is -0.930. The Morgan fingerprint density at radius 1 is 1.44 bits per heavy atom. The van der Waals surface area contributed by atoms with E-state index < -0.39 is 0 Å². The van der Waals surface area contributed by atoms with Crippen LogP contribution in [0, 0.1) is 5.82 Å². The molecular weight excluding hydrogens is 203 g/mol. The Labute approximate surface area is 96.5 Å². The highest BCUT2D eigenvalue weighted by Gasteiger charge is 2.29. The molecule has 88 valence electrons. The zero-order valence-electron chi connectivity index (χ0n) is 9.96. The zero-order valence-corrected chi connectivity index (χ0v) is 9.96. The van der Waals surface area contributed by atoms with Gasteiger partial charge in [0, 0.05) is 31.7 Å². The molecule has 1 aliphatic heterocycles. The number of hydrogen-bond donors (Lipinski definition) is 1. The second-order valence-corrected chi connectivity index (χ2v) is 5.04. The van der Waals surface area contributed by atoms with Gasteiger partial charge in [-0.2, -0.15) is 0 Å². The van der Waals surface area contributed by atoms with Crippen molar-refractivity contribution in [1.29, 1.82) is 0 Å². The molecule has 0 amide bonds. The highest BCUT2D eigenvalue weighted by atomic mass is 19.1. The van der Waals surface area contributed by atoms with Gasteiger partial charge in [-0.15, -0.1) is 0 Å². The molecule has 0 saturated carbocycles. The largest absolute Gasteiger partial charge is 0.314 e. The lowest BCUT2D eigenvalue weighted by atomic mass is 9.99. The standard InChI is InChI=1S/C13H19FN2/c1-13(2)10-15-6-7-16(13)9-11-4-3-5-12(14)8-11/h3-5,8,15H,6-7,9-10H2,1-2H3.